The molecule has 0 amide bonds. The molecule has 0 aromatic heterocycles. The monoisotopic (exact) mass is 692 g/mol. The van der Waals surface area contributed by atoms with Crippen molar-refractivity contribution in [3.63, 3.8) is 0 Å². The first kappa shape index (κ1) is 35.7. The van der Waals surface area contributed by atoms with Gasteiger partial charge in [0.05, 0.1) is 28.7 Å². The van der Waals surface area contributed by atoms with E-state index in [-0.39, 0.29) is 23.1 Å². The summed E-state index contributed by atoms with van der Waals surface area (Å²) in [5, 5.41) is 38.2. The molecule has 50 heavy (non-hydrogen) atoms. The van der Waals surface area contributed by atoms with Gasteiger partial charge in [-0.3, -0.25) is 9.59 Å². The lowest BCUT2D eigenvalue weighted by Crippen LogP contribution is -2.80. The number of hydrogen-bond donors (Lipinski definition) is 3. The highest BCUT2D eigenvalue weighted by Gasteiger charge is 2.87. The Kier molecular flexibility index (Phi) is 8.78. The molecule has 2 heterocycles. The third kappa shape index (κ3) is 4.94. The van der Waals surface area contributed by atoms with Crippen LogP contribution in [-0.4, -0.2) is 92.1 Å². The van der Waals surface area contributed by atoms with Crippen molar-refractivity contribution in [1.29, 1.82) is 0 Å². The average molecular weight is 693 g/mol. The maximum absolute atomic E-state index is 13.7. The van der Waals surface area contributed by atoms with Crippen molar-refractivity contribution in [2.75, 3.05) is 0 Å². The molecule has 13 atom stereocenters. The number of aliphatic hydroxyl groups is 3. The van der Waals surface area contributed by atoms with Crippen LogP contribution in [0.3, 0.4) is 0 Å². The molecule has 2 aromatic carbocycles. The summed E-state index contributed by atoms with van der Waals surface area (Å²) in [5.41, 5.74) is -7.59. The molecule has 268 valence electrons. The van der Waals surface area contributed by atoms with Gasteiger partial charge in [-0.05, 0) is 56.0 Å². The molecular weight excluding hydrogens is 648 g/mol. The van der Waals surface area contributed by atoms with E-state index in [1.165, 1.54) is 26.0 Å². The zero-order valence-corrected chi connectivity index (χ0v) is 28.9. The lowest BCUT2D eigenvalue weighted by molar-refractivity contribution is -0.388. The van der Waals surface area contributed by atoms with Gasteiger partial charge in [0.25, 0.3) is 0 Å². The first-order valence-electron chi connectivity index (χ1n) is 16.8. The minimum atomic E-state index is -2.35. The first-order chi connectivity index (χ1) is 23.4. The quantitative estimate of drug-likeness (QED) is 0.220. The Bertz CT molecular complexity index is 1700. The van der Waals surface area contributed by atoms with Crippen LogP contribution < -0.4 is 0 Å². The number of hydrogen-bond acceptors (Lipinski definition) is 12. The van der Waals surface area contributed by atoms with Crippen molar-refractivity contribution in [2.24, 2.45) is 23.7 Å². The highest BCUT2D eigenvalue weighted by atomic mass is 16.7. The fourth-order valence-electron chi connectivity index (χ4n) is 9.46. The molecule has 2 saturated heterocycles. The van der Waals surface area contributed by atoms with Crippen molar-refractivity contribution in [3.05, 3.63) is 83.9 Å². The van der Waals surface area contributed by atoms with Crippen LogP contribution in [0.2, 0.25) is 0 Å². The maximum atomic E-state index is 13.7. The van der Waals surface area contributed by atoms with Crippen LogP contribution in [0.5, 0.6) is 0 Å². The molecule has 1 spiro atoms. The van der Waals surface area contributed by atoms with E-state index in [4.69, 9.17) is 23.7 Å². The van der Waals surface area contributed by atoms with Gasteiger partial charge in [-0.1, -0.05) is 56.8 Å². The van der Waals surface area contributed by atoms with E-state index in [0.29, 0.717) is 0 Å². The smallest absolute Gasteiger partial charge is 0.338 e. The summed E-state index contributed by atoms with van der Waals surface area (Å²) in [6.07, 6.45) is -7.36. The summed E-state index contributed by atoms with van der Waals surface area (Å²) in [4.78, 5) is 53.2. The van der Waals surface area contributed by atoms with Gasteiger partial charge < -0.3 is 39.0 Å². The highest BCUT2D eigenvalue weighted by Crippen LogP contribution is 2.70. The standard InChI is InChI=1S/C38H44O12/c1-19(2)36(44)29(48-32(42)24-14-10-8-11-15-24)21(4)37(45)26-18-20(3)28(41)38(26)34(49-33(43)25-16-12-9-13-17-25)35(7,50-38)30(46-22(5)39)27(37)31(36)47-23(6)40/h8-17,20-21,26-31,34,41,44-45H,1,18H2,2-7H3/t20-,21+,26-,27-,28-,29-,30-,31+,34+,35+,36-,37-,38+/m0/s1. The number of esters is 4. The van der Waals surface area contributed by atoms with Gasteiger partial charge >= 0.3 is 23.9 Å². The molecule has 2 bridgehead atoms. The highest BCUT2D eigenvalue weighted by molar-refractivity contribution is 5.90. The van der Waals surface area contributed by atoms with E-state index in [1.807, 2.05) is 0 Å². The van der Waals surface area contributed by atoms with E-state index in [1.54, 1.807) is 62.4 Å². The molecule has 0 radical (unpaired) electrons. The number of aliphatic hydroxyl groups excluding tert-OH is 1. The minimum absolute atomic E-state index is 0.0364. The minimum Gasteiger partial charge on any atom is -0.459 e. The number of carbonyl (C=O) groups is 4. The van der Waals surface area contributed by atoms with Crippen LogP contribution >= 0.6 is 0 Å². The summed E-state index contributed by atoms with van der Waals surface area (Å²) in [7, 11) is 0. The summed E-state index contributed by atoms with van der Waals surface area (Å²) < 4.78 is 30.9. The van der Waals surface area contributed by atoms with E-state index in [9.17, 15) is 34.5 Å². The normalized spacial score (nSPS) is 41.3. The fourth-order valence-corrected chi connectivity index (χ4v) is 9.46. The predicted octanol–water partition coefficient (Wildman–Crippen LogP) is 3.16. The van der Waals surface area contributed by atoms with Crippen LogP contribution in [0, 0.1) is 23.7 Å². The summed E-state index contributed by atoms with van der Waals surface area (Å²) in [5.74, 6) is -7.51. The van der Waals surface area contributed by atoms with Gasteiger partial charge in [-0.25, -0.2) is 9.59 Å². The van der Waals surface area contributed by atoms with Gasteiger partial charge in [0, 0.05) is 25.7 Å². The van der Waals surface area contributed by atoms with E-state index < -0.39 is 100 Å². The first-order valence-corrected chi connectivity index (χ1v) is 16.8. The van der Waals surface area contributed by atoms with Crippen molar-refractivity contribution in [2.45, 2.75) is 101 Å². The molecule has 2 saturated carbocycles. The van der Waals surface area contributed by atoms with Crippen LogP contribution in [0.25, 0.3) is 0 Å². The Labute approximate surface area is 290 Å². The molecule has 4 fully saturated rings. The van der Waals surface area contributed by atoms with E-state index >= 15 is 0 Å². The molecular formula is C38H44O12. The van der Waals surface area contributed by atoms with Crippen LogP contribution in [-0.2, 0) is 33.3 Å². The SMILES string of the molecule is C=C(C)[C@@]1(O)[C@H](OC(C)=O)[C@@H]2[C@H](OC(C)=O)[C@@]3(C)O[C@@]4([C@@H]3OC(=O)c3ccccc3)[C@@H](O)[C@@H](C)C[C@H]4[C@@]2(O)[C@H](C)[C@@H]1OC(=O)c1ccccc1. The van der Waals surface area contributed by atoms with Crippen LogP contribution in [0.15, 0.2) is 72.8 Å². The lowest BCUT2D eigenvalue weighted by Gasteiger charge is -2.62. The Hall–Kier alpha value is -4.10. The number of ether oxygens (including phenoxy) is 5. The molecule has 4 aliphatic rings. The maximum Gasteiger partial charge on any atom is 0.338 e. The predicted molar refractivity (Wildman–Crippen MR) is 175 cm³/mol. The Morgan fingerprint density at radius 1 is 0.780 bits per heavy atom. The average Bonchev–Trinajstić information content (AvgIpc) is 3.28. The van der Waals surface area contributed by atoms with Crippen molar-refractivity contribution in [1.82, 2.24) is 0 Å². The number of carbonyl (C=O) groups excluding carboxylic acids is 4. The van der Waals surface area contributed by atoms with Crippen LogP contribution in [0.1, 0.15) is 68.7 Å². The van der Waals surface area contributed by atoms with Gasteiger partial charge in [0.1, 0.15) is 29.5 Å². The summed E-state index contributed by atoms with van der Waals surface area (Å²) in [6.45, 7) is 12.6. The van der Waals surface area contributed by atoms with E-state index in [2.05, 4.69) is 6.58 Å². The third-order valence-electron chi connectivity index (χ3n) is 11.6. The van der Waals surface area contributed by atoms with Crippen molar-refractivity contribution >= 4 is 23.9 Å². The van der Waals surface area contributed by atoms with Crippen molar-refractivity contribution < 1.29 is 58.2 Å². The molecule has 3 N–H and O–H groups in total. The van der Waals surface area contributed by atoms with Gasteiger partial charge in [0.15, 0.2) is 11.7 Å². The van der Waals surface area contributed by atoms with E-state index in [0.717, 1.165) is 13.8 Å². The zero-order valence-electron chi connectivity index (χ0n) is 28.9. The summed E-state index contributed by atoms with van der Waals surface area (Å²) >= 11 is 0. The number of benzene rings is 2. The molecule has 12 nitrogen and oxygen atoms in total. The second-order valence-electron chi connectivity index (χ2n) is 14.6. The Balaban J connectivity index is 1.60. The fraction of sp³-hybridized carbons (Fsp3) is 0.526. The Morgan fingerprint density at radius 3 is 1.78 bits per heavy atom. The van der Waals surface area contributed by atoms with Crippen molar-refractivity contribution in [3.8, 4) is 0 Å². The van der Waals surface area contributed by atoms with Gasteiger partial charge in [-0.15, -0.1) is 0 Å². The van der Waals surface area contributed by atoms with Gasteiger partial charge in [0.2, 0.25) is 0 Å². The molecule has 2 aliphatic carbocycles. The molecule has 0 unspecified atom stereocenters. The second-order valence-corrected chi connectivity index (χ2v) is 14.6. The second kappa shape index (κ2) is 12.3. The molecule has 2 aliphatic heterocycles. The largest absolute Gasteiger partial charge is 0.459 e. The lowest BCUT2D eigenvalue weighted by atomic mass is 9.52. The summed E-state index contributed by atoms with van der Waals surface area (Å²) in [6, 6.07) is 16.2. The molecule has 12 heteroatoms. The third-order valence-corrected chi connectivity index (χ3v) is 11.6. The molecule has 6 rings (SSSR count). The Morgan fingerprint density at radius 2 is 1.28 bits per heavy atom. The van der Waals surface area contributed by atoms with Gasteiger partial charge in [-0.2, -0.15) is 0 Å². The number of rotatable bonds is 7. The number of fused-ring (bicyclic) bond motifs is 3. The topological polar surface area (TPSA) is 175 Å². The van der Waals surface area contributed by atoms with Crippen LogP contribution in [0.4, 0.5) is 0 Å². The molecule has 2 aromatic rings. The zero-order chi connectivity index (χ0) is 36.6.